The Balaban J connectivity index is 1.82. The molecule has 0 bridgehead atoms. The van der Waals surface area contributed by atoms with E-state index in [0.717, 1.165) is 36.2 Å². The molecule has 1 unspecified atom stereocenters. The fourth-order valence-corrected chi connectivity index (χ4v) is 5.25. The maximum atomic E-state index is 12.9. The number of carbonyl (C=O) groups excluding carboxylic acids is 1. The van der Waals surface area contributed by atoms with Crippen LogP contribution < -0.4 is 4.90 Å². The Kier molecular flexibility index (Phi) is 3.48. The molecule has 1 amide bonds. The molecule has 23 heavy (non-hydrogen) atoms. The topological polar surface area (TPSA) is 66.9 Å². The highest BCUT2D eigenvalue weighted by molar-refractivity contribution is 7.89. The summed E-state index contributed by atoms with van der Waals surface area (Å²) in [4.78, 5) is 14.5. The van der Waals surface area contributed by atoms with Crippen LogP contribution in [0.15, 0.2) is 17.0 Å². The first kappa shape index (κ1) is 15.1. The van der Waals surface area contributed by atoms with Gasteiger partial charge in [0.15, 0.2) is 0 Å². The molecule has 0 spiro atoms. The van der Waals surface area contributed by atoms with Crippen molar-refractivity contribution in [1.82, 2.24) is 4.31 Å². The Morgan fingerprint density at radius 2 is 1.91 bits per heavy atom. The van der Waals surface area contributed by atoms with Crippen LogP contribution in [0.4, 0.5) is 5.69 Å². The lowest BCUT2D eigenvalue weighted by molar-refractivity contribution is -0.119. The minimum Gasteiger partial charge on any atom is -0.379 e. The van der Waals surface area contributed by atoms with Crippen LogP contribution in [0, 0.1) is 0 Å². The van der Waals surface area contributed by atoms with Crippen molar-refractivity contribution in [3.63, 3.8) is 0 Å². The molecule has 7 heteroatoms. The number of sulfonamides is 1. The first-order valence-corrected chi connectivity index (χ1v) is 9.50. The van der Waals surface area contributed by atoms with Gasteiger partial charge in [-0.1, -0.05) is 0 Å². The smallest absolute Gasteiger partial charge is 0.243 e. The van der Waals surface area contributed by atoms with Gasteiger partial charge in [0.25, 0.3) is 0 Å². The van der Waals surface area contributed by atoms with Crippen LogP contribution in [0.25, 0.3) is 0 Å². The first-order chi connectivity index (χ1) is 11.0. The van der Waals surface area contributed by atoms with Gasteiger partial charge in [-0.25, -0.2) is 8.42 Å². The van der Waals surface area contributed by atoms with Crippen molar-refractivity contribution in [3.8, 4) is 0 Å². The molecule has 3 aliphatic rings. The van der Waals surface area contributed by atoms with E-state index < -0.39 is 10.0 Å². The second-order valence-corrected chi connectivity index (χ2v) is 8.29. The van der Waals surface area contributed by atoms with Crippen molar-refractivity contribution in [2.45, 2.75) is 30.6 Å². The van der Waals surface area contributed by atoms with Gasteiger partial charge in [-0.3, -0.25) is 4.79 Å². The number of nitrogens with zero attached hydrogens (tertiary/aromatic N) is 2. The van der Waals surface area contributed by atoms with Gasteiger partial charge in [0, 0.05) is 19.6 Å². The van der Waals surface area contributed by atoms with Gasteiger partial charge >= 0.3 is 0 Å². The largest absolute Gasteiger partial charge is 0.379 e. The van der Waals surface area contributed by atoms with Crippen molar-refractivity contribution >= 4 is 21.6 Å². The molecule has 0 aromatic heterocycles. The van der Waals surface area contributed by atoms with E-state index in [0.29, 0.717) is 31.2 Å². The van der Waals surface area contributed by atoms with Gasteiger partial charge in [-0.2, -0.15) is 4.31 Å². The minimum atomic E-state index is -3.53. The van der Waals surface area contributed by atoms with E-state index in [1.807, 2.05) is 11.8 Å². The summed E-state index contributed by atoms with van der Waals surface area (Å²) in [5, 5.41) is 0. The molecular weight excluding hydrogens is 316 g/mol. The van der Waals surface area contributed by atoms with E-state index in [1.54, 1.807) is 12.1 Å². The molecule has 0 radical (unpaired) electrons. The number of carbonyl (C=O) groups is 1. The van der Waals surface area contributed by atoms with E-state index in [4.69, 9.17) is 4.74 Å². The highest BCUT2D eigenvalue weighted by atomic mass is 32.2. The van der Waals surface area contributed by atoms with E-state index >= 15 is 0 Å². The summed E-state index contributed by atoms with van der Waals surface area (Å²) in [5.41, 5.74) is 2.80. The molecule has 0 saturated carbocycles. The third-order valence-electron chi connectivity index (χ3n) is 5.00. The lowest BCUT2D eigenvalue weighted by atomic mass is 9.97. The van der Waals surface area contributed by atoms with Gasteiger partial charge in [0.05, 0.1) is 29.7 Å². The molecule has 3 heterocycles. The van der Waals surface area contributed by atoms with E-state index in [-0.39, 0.29) is 11.8 Å². The van der Waals surface area contributed by atoms with E-state index in [9.17, 15) is 13.2 Å². The maximum Gasteiger partial charge on any atom is 0.243 e. The predicted molar refractivity (Wildman–Crippen MR) is 85.1 cm³/mol. The fraction of sp³-hybridized carbons (Fsp3) is 0.562. The number of morpholine rings is 1. The number of ether oxygens (including phenoxy) is 1. The molecule has 4 rings (SSSR count). The lowest BCUT2D eigenvalue weighted by Crippen LogP contribution is -2.40. The summed E-state index contributed by atoms with van der Waals surface area (Å²) in [7, 11) is -3.53. The van der Waals surface area contributed by atoms with E-state index in [1.165, 1.54) is 4.31 Å². The minimum absolute atomic E-state index is 0.0851. The zero-order valence-corrected chi connectivity index (χ0v) is 13.9. The van der Waals surface area contributed by atoms with Gasteiger partial charge in [-0.15, -0.1) is 0 Å². The molecular formula is C16H20N2O4S. The molecule has 1 atom stereocenters. The Labute approximate surface area is 136 Å². The summed E-state index contributed by atoms with van der Waals surface area (Å²) in [6, 6.07) is 3.47. The molecule has 0 N–H and O–H groups in total. The Hall–Kier alpha value is -1.44. The molecule has 1 aromatic carbocycles. The first-order valence-electron chi connectivity index (χ1n) is 8.06. The molecule has 6 nitrogen and oxygen atoms in total. The van der Waals surface area contributed by atoms with Crippen LogP contribution >= 0.6 is 0 Å². The monoisotopic (exact) mass is 336 g/mol. The standard InChI is InChI=1S/C16H20N2O4S/c1-11-14-10-13(23(20,21)17-5-7-22-8-6-17)9-12-3-2-4-18(15(12)14)16(11)19/h9-11H,2-8H2,1H3. The van der Waals surface area contributed by atoms with Crippen LogP contribution in [-0.2, 0) is 26.0 Å². The van der Waals surface area contributed by atoms with Gasteiger partial charge in [0.1, 0.15) is 0 Å². The number of rotatable bonds is 2. The fourth-order valence-electron chi connectivity index (χ4n) is 3.75. The summed E-state index contributed by atoms with van der Waals surface area (Å²) in [6.07, 6.45) is 1.71. The van der Waals surface area contributed by atoms with E-state index in [2.05, 4.69) is 0 Å². The van der Waals surface area contributed by atoms with Crippen LogP contribution in [0.5, 0.6) is 0 Å². The third kappa shape index (κ3) is 2.21. The number of hydrogen-bond acceptors (Lipinski definition) is 4. The number of anilines is 1. The number of aryl methyl sites for hydroxylation is 1. The van der Waals surface area contributed by atoms with Crippen LogP contribution in [-0.4, -0.2) is 51.5 Å². The van der Waals surface area contributed by atoms with Crippen LogP contribution in [0.1, 0.15) is 30.4 Å². The molecule has 3 aliphatic heterocycles. The summed E-state index contributed by atoms with van der Waals surface area (Å²) >= 11 is 0. The number of amides is 1. The second-order valence-electron chi connectivity index (χ2n) is 6.35. The zero-order chi connectivity index (χ0) is 16.2. The Bertz CT molecular complexity index is 769. The van der Waals surface area contributed by atoms with Gasteiger partial charge < -0.3 is 9.64 Å². The quantitative estimate of drug-likeness (QED) is 0.811. The third-order valence-corrected chi connectivity index (χ3v) is 6.88. The Morgan fingerprint density at radius 3 is 2.65 bits per heavy atom. The molecule has 1 aromatic rings. The molecule has 0 aliphatic carbocycles. The SMILES string of the molecule is CC1C(=O)N2CCCc3cc(S(=O)(=O)N4CCOCC4)cc1c32. The molecule has 1 saturated heterocycles. The normalized spacial score (nSPS) is 24.8. The van der Waals surface area contributed by atoms with Crippen molar-refractivity contribution < 1.29 is 17.9 Å². The average molecular weight is 336 g/mol. The number of hydrogen-bond donors (Lipinski definition) is 0. The summed E-state index contributed by atoms with van der Waals surface area (Å²) in [6.45, 7) is 4.23. The molecule has 1 fully saturated rings. The highest BCUT2D eigenvalue weighted by Crippen LogP contribution is 2.44. The highest BCUT2D eigenvalue weighted by Gasteiger charge is 2.39. The zero-order valence-electron chi connectivity index (χ0n) is 13.1. The summed E-state index contributed by atoms with van der Waals surface area (Å²) in [5.74, 6) is -0.177. The number of benzene rings is 1. The van der Waals surface area contributed by atoms with Crippen molar-refractivity contribution in [2.75, 3.05) is 37.7 Å². The summed E-state index contributed by atoms with van der Waals surface area (Å²) < 4.78 is 32.6. The Morgan fingerprint density at radius 1 is 1.17 bits per heavy atom. The lowest BCUT2D eigenvalue weighted by Gasteiger charge is -2.28. The van der Waals surface area contributed by atoms with Crippen molar-refractivity contribution in [2.24, 2.45) is 0 Å². The predicted octanol–water partition coefficient (Wildman–Crippen LogP) is 1.10. The van der Waals surface area contributed by atoms with Crippen LogP contribution in [0.3, 0.4) is 0 Å². The molecule has 124 valence electrons. The average Bonchev–Trinajstić information content (AvgIpc) is 2.82. The maximum absolute atomic E-state index is 12.9. The van der Waals surface area contributed by atoms with Gasteiger partial charge in [0.2, 0.25) is 15.9 Å². The van der Waals surface area contributed by atoms with Crippen molar-refractivity contribution in [1.29, 1.82) is 0 Å². The second kappa shape index (κ2) is 5.29. The van der Waals surface area contributed by atoms with Crippen LogP contribution in [0.2, 0.25) is 0 Å². The van der Waals surface area contributed by atoms with Gasteiger partial charge in [-0.05, 0) is 43.0 Å². The van der Waals surface area contributed by atoms with Crippen molar-refractivity contribution in [3.05, 3.63) is 23.3 Å².